The van der Waals surface area contributed by atoms with E-state index in [4.69, 9.17) is 0 Å². The van der Waals surface area contributed by atoms with Gasteiger partial charge in [-0.05, 0) is 24.1 Å². The minimum atomic E-state index is -0.418. The number of nitrogens with one attached hydrogen (secondary N) is 1. The number of hydrogen-bond donors (Lipinski definition) is 1. The van der Waals surface area contributed by atoms with Gasteiger partial charge in [0.15, 0.2) is 0 Å². The largest absolute Gasteiger partial charge is 0.321 e. The van der Waals surface area contributed by atoms with Crippen molar-refractivity contribution in [3.8, 4) is 0 Å². The number of aromatic nitrogens is 3. The van der Waals surface area contributed by atoms with Gasteiger partial charge in [0.1, 0.15) is 11.1 Å². The van der Waals surface area contributed by atoms with Gasteiger partial charge in [0.2, 0.25) is 4.96 Å². The predicted molar refractivity (Wildman–Crippen MR) is 80.9 cm³/mol. The summed E-state index contributed by atoms with van der Waals surface area (Å²) in [5.74, 6) is -0.246. The maximum Gasteiger partial charge on any atom is 0.292 e. The van der Waals surface area contributed by atoms with Crippen molar-refractivity contribution in [2.45, 2.75) is 13.3 Å². The molecular formula is C14H12N4O2S. The quantitative estimate of drug-likeness (QED) is 0.802. The highest BCUT2D eigenvalue weighted by Gasteiger charge is 2.11. The second kappa shape index (κ2) is 5.45. The normalized spacial score (nSPS) is 10.7. The first-order valence-corrected chi connectivity index (χ1v) is 7.23. The lowest BCUT2D eigenvalue weighted by Crippen LogP contribution is -2.10. The van der Waals surface area contributed by atoms with Crippen molar-refractivity contribution in [3.05, 3.63) is 57.5 Å². The van der Waals surface area contributed by atoms with E-state index in [1.807, 2.05) is 24.3 Å². The van der Waals surface area contributed by atoms with Crippen LogP contribution in [0.25, 0.3) is 4.96 Å². The number of hydrogen-bond acceptors (Lipinski definition) is 5. The molecule has 0 radical (unpaired) electrons. The van der Waals surface area contributed by atoms with Crippen LogP contribution in [0.2, 0.25) is 0 Å². The van der Waals surface area contributed by atoms with E-state index in [0.29, 0.717) is 9.84 Å². The van der Waals surface area contributed by atoms with Crippen molar-refractivity contribution in [2.75, 3.05) is 5.32 Å². The van der Waals surface area contributed by atoms with Gasteiger partial charge in [-0.2, -0.15) is 10.1 Å². The standard InChI is InChI=1S/C14H12N4O2S/c1-2-9-3-5-10(6-4-9)16-13(20)11-8-18-14(21-11)17-12(19)7-15-18/h3-8H,2H2,1H3,(H,16,20). The SMILES string of the molecule is CCc1ccc(NC(=O)c2cn3ncc(=O)nc3s2)cc1. The maximum atomic E-state index is 12.2. The molecule has 0 saturated heterocycles. The number of nitrogens with zero attached hydrogens (tertiary/aromatic N) is 3. The summed E-state index contributed by atoms with van der Waals surface area (Å²) in [6.45, 7) is 2.08. The third-order valence-electron chi connectivity index (χ3n) is 2.98. The van der Waals surface area contributed by atoms with Gasteiger partial charge in [0, 0.05) is 5.69 Å². The molecule has 0 atom stereocenters. The van der Waals surface area contributed by atoms with Crippen LogP contribution in [0, 0.1) is 0 Å². The summed E-state index contributed by atoms with van der Waals surface area (Å²) in [6.07, 6.45) is 3.63. The van der Waals surface area contributed by atoms with Gasteiger partial charge >= 0.3 is 0 Å². The smallest absolute Gasteiger partial charge is 0.292 e. The number of fused-ring (bicyclic) bond motifs is 1. The molecule has 0 aliphatic rings. The molecule has 0 spiro atoms. The summed E-state index contributed by atoms with van der Waals surface area (Å²) >= 11 is 1.12. The molecule has 0 bridgehead atoms. The van der Waals surface area contributed by atoms with E-state index in [9.17, 15) is 9.59 Å². The Labute approximate surface area is 124 Å². The molecule has 106 valence electrons. The Morgan fingerprint density at radius 2 is 2.10 bits per heavy atom. The maximum absolute atomic E-state index is 12.2. The summed E-state index contributed by atoms with van der Waals surface area (Å²) in [5, 5.41) is 6.70. The number of benzene rings is 1. The predicted octanol–water partition coefficient (Wildman–Crippen LogP) is 1.97. The highest BCUT2D eigenvalue weighted by atomic mass is 32.1. The third kappa shape index (κ3) is 2.82. The number of anilines is 1. The molecule has 3 aromatic rings. The molecule has 6 nitrogen and oxygen atoms in total. The molecule has 3 rings (SSSR count). The van der Waals surface area contributed by atoms with Crippen LogP contribution in [0.15, 0.2) is 41.5 Å². The van der Waals surface area contributed by atoms with E-state index in [0.717, 1.165) is 29.6 Å². The van der Waals surface area contributed by atoms with Crippen LogP contribution < -0.4 is 10.9 Å². The fourth-order valence-corrected chi connectivity index (χ4v) is 2.67. The summed E-state index contributed by atoms with van der Waals surface area (Å²) in [7, 11) is 0. The zero-order valence-corrected chi connectivity index (χ0v) is 12.1. The number of amides is 1. The molecule has 0 saturated carbocycles. The van der Waals surface area contributed by atoms with Crippen LogP contribution in [0.5, 0.6) is 0 Å². The highest BCUT2D eigenvalue weighted by molar-refractivity contribution is 7.18. The molecule has 0 aliphatic heterocycles. The minimum Gasteiger partial charge on any atom is -0.321 e. The number of rotatable bonds is 3. The van der Waals surface area contributed by atoms with Gasteiger partial charge in [-0.15, -0.1) is 0 Å². The highest BCUT2D eigenvalue weighted by Crippen LogP contribution is 2.16. The Bertz CT molecular complexity index is 851. The molecule has 1 N–H and O–H groups in total. The third-order valence-corrected chi connectivity index (χ3v) is 3.95. The summed E-state index contributed by atoms with van der Waals surface area (Å²) in [6, 6.07) is 7.68. The molecule has 2 aromatic heterocycles. The molecule has 0 unspecified atom stereocenters. The van der Waals surface area contributed by atoms with E-state index >= 15 is 0 Å². The Balaban J connectivity index is 1.84. The van der Waals surface area contributed by atoms with Gasteiger partial charge in [0.25, 0.3) is 11.5 Å². The molecule has 2 heterocycles. The van der Waals surface area contributed by atoms with Gasteiger partial charge in [-0.3, -0.25) is 9.59 Å². The van der Waals surface area contributed by atoms with E-state index in [1.54, 1.807) is 6.20 Å². The van der Waals surface area contributed by atoms with Crippen molar-refractivity contribution >= 4 is 27.9 Å². The average molecular weight is 300 g/mol. The Hall–Kier alpha value is -2.54. The number of thiazole rings is 1. The molecule has 0 fully saturated rings. The first-order valence-electron chi connectivity index (χ1n) is 6.41. The van der Waals surface area contributed by atoms with Crippen LogP contribution in [0.3, 0.4) is 0 Å². The molecule has 21 heavy (non-hydrogen) atoms. The Morgan fingerprint density at radius 1 is 1.33 bits per heavy atom. The molecule has 0 aliphatic carbocycles. The molecule has 7 heteroatoms. The summed E-state index contributed by atoms with van der Waals surface area (Å²) < 4.78 is 1.42. The number of carbonyl (C=O) groups is 1. The second-order valence-corrected chi connectivity index (χ2v) is 5.43. The van der Waals surface area contributed by atoms with Crippen molar-refractivity contribution in [3.63, 3.8) is 0 Å². The van der Waals surface area contributed by atoms with Crippen LogP contribution in [-0.4, -0.2) is 20.5 Å². The zero-order valence-electron chi connectivity index (χ0n) is 11.2. The first-order chi connectivity index (χ1) is 10.2. The summed E-state index contributed by atoms with van der Waals surface area (Å²) in [4.78, 5) is 27.9. The van der Waals surface area contributed by atoms with Gasteiger partial charge < -0.3 is 5.32 Å². The lowest BCUT2D eigenvalue weighted by Gasteiger charge is -2.03. The van der Waals surface area contributed by atoms with Gasteiger partial charge in [-0.1, -0.05) is 30.4 Å². The molecule has 1 aromatic carbocycles. The van der Waals surface area contributed by atoms with Crippen LogP contribution in [-0.2, 0) is 6.42 Å². The lowest BCUT2D eigenvalue weighted by atomic mass is 10.1. The van der Waals surface area contributed by atoms with E-state index in [-0.39, 0.29) is 5.91 Å². The topological polar surface area (TPSA) is 76.4 Å². The average Bonchev–Trinajstić information content (AvgIpc) is 2.91. The number of aryl methyl sites for hydroxylation is 1. The van der Waals surface area contributed by atoms with Crippen LogP contribution in [0.1, 0.15) is 22.2 Å². The minimum absolute atomic E-state index is 0.246. The van der Waals surface area contributed by atoms with E-state index in [2.05, 4.69) is 22.3 Å². The lowest BCUT2D eigenvalue weighted by molar-refractivity contribution is 0.103. The van der Waals surface area contributed by atoms with Crippen LogP contribution in [0.4, 0.5) is 5.69 Å². The fourth-order valence-electron chi connectivity index (χ4n) is 1.85. The zero-order chi connectivity index (χ0) is 14.8. The monoisotopic (exact) mass is 300 g/mol. The second-order valence-electron chi connectivity index (χ2n) is 4.42. The fraction of sp³-hybridized carbons (Fsp3) is 0.143. The first kappa shape index (κ1) is 13.4. The molecular weight excluding hydrogens is 288 g/mol. The van der Waals surface area contributed by atoms with Crippen molar-refractivity contribution in [2.24, 2.45) is 0 Å². The van der Waals surface area contributed by atoms with Gasteiger partial charge in [-0.25, -0.2) is 4.52 Å². The van der Waals surface area contributed by atoms with Crippen LogP contribution >= 0.6 is 11.3 Å². The summed E-state index contributed by atoms with van der Waals surface area (Å²) in [5.41, 5.74) is 1.52. The van der Waals surface area contributed by atoms with Gasteiger partial charge in [0.05, 0.1) is 6.20 Å². The van der Waals surface area contributed by atoms with Crippen molar-refractivity contribution in [1.29, 1.82) is 0 Å². The Kier molecular flexibility index (Phi) is 3.49. The Morgan fingerprint density at radius 3 is 2.81 bits per heavy atom. The van der Waals surface area contributed by atoms with E-state index in [1.165, 1.54) is 10.1 Å². The van der Waals surface area contributed by atoms with Crippen molar-refractivity contribution < 1.29 is 4.79 Å². The van der Waals surface area contributed by atoms with Crippen molar-refractivity contribution in [1.82, 2.24) is 14.6 Å². The van der Waals surface area contributed by atoms with E-state index < -0.39 is 5.56 Å². The molecule has 1 amide bonds. The number of carbonyl (C=O) groups excluding carboxylic acids is 1.